The average Bonchev–Trinajstić information content (AvgIpc) is 4.04. The maximum Gasteiger partial charge on any atom is 0.409 e. The van der Waals surface area contributed by atoms with Crippen LogP contribution in [0.15, 0.2) is 0 Å². The van der Waals surface area contributed by atoms with Crippen molar-refractivity contribution >= 4 is 42.2 Å². The van der Waals surface area contributed by atoms with E-state index in [9.17, 15) is 24.0 Å². The van der Waals surface area contributed by atoms with Gasteiger partial charge in [-0.2, -0.15) is 0 Å². The van der Waals surface area contributed by atoms with Crippen molar-refractivity contribution in [2.75, 3.05) is 92.8 Å². The maximum atomic E-state index is 12.2. The molecular formula is C42H73ClN8O7. The molecule has 2 aliphatic carbocycles. The Bertz CT molecular complexity index is 1400. The van der Waals surface area contributed by atoms with Gasteiger partial charge < -0.3 is 40.1 Å². The van der Waals surface area contributed by atoms with E-state index < -0.39 is 0 Å². The van der Waals surface area contributed by atoms with E-state index in [0.717, 1.165) is 91.0 Å². The summed E-state index contributed by atoms with van der Waals surface area (Å²) in [5.41, 5.74) is 0.456. The summed E-state index contributed by atoms with van der Waals surface area (Å²) in [5, 5.41) is 8.99. The van der Waals surface area contributed by atoms with Gasteiger partial charge in [0.25, 0.3) is 0 Å². The lowest BCUT2D eigenvalue weighted by atomic mass is 9.64. The number of likely N-dealkylation sites (tertiary alicyclic amines) is 5. The second kappa shape index (κ2) is 21.2. The fourth-order valence-corrected chi connectivity index (χ4v) is 11.3. The molecule has 4 amide bonds. The molecule has 2 saturated carbocycles. The molecule has 6 saturated heterocycles. The molecule has 2 spiro atoms. The summed E-state index contributed by atoms with van der Waals surface area (Å²) in [5.74, 6) is 0.718. The number of piperidine rings is 2. The van der Waals surface area contributed by atoms with Crippen molar-refractivity contribution in [3.05, 3.63) is 0 Å². The first-order chi connectivity index (χ1) is 27.5. The molecule has 0 aromatic carbocycles. The van der Waals surface area contributed by atoms with Gasteiger partial charge in [0.1, 0.15) is 5.78 Å². The van der Waals surface area contributed by atoms with E-state index in [4.69, 9.17) is 9.47 Å². The molecule has 0 radical (unpaired) electrons. The third-order valence-electron chi connectivity index (χ3n) is 14.4. The van der Waals surface area contributed by atoms with Crippen molar-refractivity contribution in [1.82, 2.24) is 40.4 Å². The molecule has 6 heterocycles. The fourth-order valence-electron chi connectivity index (χ4n) is 11.3. The second-order valence-corrected chi connectivity index (χ2v) is 18.0. The van der Waals surface area contributed by atoms with Crippen LogP contribution in [0.25, 0.3) is 0 Å². The predicted molar refractivity (Wildman–Crippen MR) is 224 cm³/mol. The number of carbonyl (C=O) groups is 5. The quantitative estimate of drug-likeness (QED) is 0.346. The van der Waals surface area contributed by atoms with Gasteiger partial charge in [-0.15, -0.1) is 12.4 Å². The standard InChI is InChI=1S/C21H36N4O3.C11H21N3O.C10H15NO3.ClH/c1-3-28-20(27)24-12-8-21(15-24)13-17(14-21)23-10-6-16(7-11-23)25-9-4-5-18(25)19(26)22-2;1-12-11(15)10-3-2-8-14(10)9-4-6-13-7-5-9;1-2-14-9(13)11-4-3-10(7-11)5-8(12)6-10;/h16-18H,3-15H2,1-2H3,(H,22,26);9-10,13H,2-8H2,1H3,(H,12,15);2-7H2,1H3;1H/t17?,18-,21?;10-;;/m00../s1. The number of amides is 4. The lowest BCUT2D eigenvalue weighted by Gasteiger charge is -2.52. The van der Waals surface area contributed by atoms with E-state index >= 15 is 0 Å². The largest absolute Gasteiger partial charge is 0.450 e. The normalized spacial score (nSPS) is 30.0. The molecule has 0 bridgehead atoms. The number of likely N-dealkylation sites (N-methyl/N-ethyl adjacent to an activating group) is 2. The number of halogens is 1. The second-order valence-electron chi connectivity index (χ2n) is 18.0. The van der Waals surface area contributed by atoms with Crippen molar-refractivity contribution in [3.8, 4) is 0 Å². The lowest BCUT2D eigenvalue weighted by Crippen LogP contribution is -2.57. The number of rotatable bonds is 7. The zero-order valence-corrected chi connectivity index (χ0v) is 36.6. The van der Waals surface area contributed by atoms with Crippen molar-refractivity contribution in [2.24, 2.45) is 10.8 Å². The van der Waals surface area contributed by atoms with Gasteiger partial charge in [-0.3, -0.25) is 24.2 Å². The Labute approximate surface area is 352 Å². The van der Waals surface area contributed by atoms with Crippen LogP contribution in [0, 0.1) is 10.8 Å². The van der Waals surface area contributed by atoms with Crippen LogP contribution in [0.1, 0.15) is 104 Å². The minimum atomic E-state index is -0.233. The minimum absolute atomic E-state index is 0. The molecule has 2 atom stereocenters. The van der Waals surface area contributed by atoms with E-state index in [1.54, 1.807) is 25.9 Å². The summed E-state index contributed by atoms with van der Waals surface area (Å²) >= 11 is 0. The van der Waals surface area contributed by atoms with Crippen LogP contribution in [-0.4, -0.2) is 177 Å². The molecule has 0 aromatic rings. The van der Waals surface area contributed by atoms with Crippen molar-refractivity contribution < 1.29 is 33.4 Å². The van der Waals surface area contributed by atoms with Crippen LogP contribution < -0.4 is 16.0 Å². The summed E-state index contributed by atoms with van der Waals surface area (Å²) in [6.07, 6.45) is 14.5. The molecule has 0 unspecified atom stereocenters. The van der Waals surface area contributed by atoms with Gasteiger partial charge in [0.05, 0.1) is 25.3 Å². The minimum Gasteiger partial charge on any atom is -0.450 e. The highest BCUT2D eigenvalue weighted by Crippen LogP contribution is 2.51. The molecular weight excluding hydrogens is 764 g/mol. The van der Waals surface area contributed by atoms with Crippen LogP contribution in [0.2, 0.25) is 0 Å². The summed E-state index contributed by atoms with van der Waals surface area (Å²) < 4.78 is 10.1. The number of ether oxygens (including phenoxy) is 2. The first-order valence-electron chi connectivity index (χ1n) is 22.3. The number of nitrogens with one attached hydrogen (secondary N) is 3. The molecule has 0 aromatic heterocycles. The average molecular weight is 838 g/mol. The first kappa shape index (κ1) is 46.3. The third kappa shape index (κ3) is 11.0. The molecule has 6 aliphatic heterocycles. The SMILES string of the molecule is CCOC(=O)N1CCC2(CC(=O)C2)C1.CCOC(=O)N1CCC2(CC(N3CCC(N4CCC[C@H]4C(=O)NC)CC3)C2)C1.CNC(=O)[C@@H]1CCCN1C1CCNCC1.Cl. The van der Waals surface area contributed by atoms with Crippen LogP contribution in [0.4, 0.5) is 9.59 Å². The number of Topliss-reactive ketones (excluding diaryl/α,β-unsaturated/α-hetero) is 1. The predicted octanol–water partition coefficient (Wildman–Crippen LogP) is 3.24. The molecule has 15 nitrogen and oxygen atoms in total. The number of ketones is 1. The summed E-state index contributed by atoms with van der Waals surface area (Å²) in [4.78, 5) is 69.3. The maximum absolute atomic E-state index is 12.2. The van der Waals surface area contributed by atoms with Gasteiger partial charge in [0.2, 0.25) is 11.8 Å². The highest BCUT2D eigenvalue weighted by Gasteiger charge is 2.52. The zero-order valence-electron chi connectivity index (χ0n) is 35.8. The van der Waals surface area contributed by atoms with E-state index in [1.807, 2.05) is 11.8 Å². The topological polar surface area (TPSA) is 156 Å². The van der Waals surface area contributed by atoms with E-state index in [-0.39, 0.29) is 53.9 Å². The molecule has 8 aliphatic rings. The Morgan fingerprint density at radius 2 is 1.12 bits per heavy atom. The van der Waals surface area contributed by atoms with Crippen LogP contribution in [0.5, 0.6) is 0 Å². The summed E-state index contributed by atoms with van der Waals surface area (Å²) in [6, 6.07) is 2.08. The monoisotopic (exact) mass is 837 g/mol. The lowest BCUT2D eigenvalue weighted by molar-refractivity contribution is -0.132. The summed E-state index contributed by atoms with van der Waals surface area (Å²) in [7, 11) is 3.49. The number of hydrogen-bond acceptors (Lipinski definition) is 11. The Kier molecular flexibility index (Phi) is 16.9. The summed E-state index contributed by atoms with van der Waals surface area (Å²) in [6.45, 7) is 14.4. The molecule has 8 rings (SSSR count). The highest BCUT2D eigenvalue weighted by atomic mass is 35.5. The van der Waals surface area contributed by atoms with Crippen molar-refractivity contribution in [1.29, 1.82) is 0 Å². The molecule has 58 heavy (non-hydrogen) atoms. The number of carbonyl (C=O) groups excluding carboxylic acids is 5. The van der Waals surface area contributed by atoms with Crippen molar-refractivity contribution in [3.63, 3.8) is 0 Å². The molecule has 330 valence electrons. The van der Waals surface area contributed by atoms with E-state index in [1.165, 1.54) is 44.9 Å². The smallest absolute Gasteiger partial charge is 0.409 e. The Morgan fingerprint density at radius 3 is 1.59 bits per heavy atom. The van der Waals surface area contributed by atoms with Gasteiger partial charge in [-0.1, -0.05) is 0 Å². The van der Waals surface area contributed by atoms with Gasteiger partial charge in [-0.25, -0.2) is 9.59 Å². The highest BCUT2D eigenvalue weighted by molar-refractivity contribution is 5.87. The molecule has 16 heteroatoms. The Hall–Kier alpha value is -2.72. The van der Waals surface area contributed by atoms with Gasteiger partial charge in [-0.05, 0) is 136 Å². The van der Waals surface area contributed by atoms with Gasteiger partial charge in [0.15, 0.2) is 0 Å². The third-order valence-corrected chi connectivity index (χ3v) is 14.4. The fraction of sp³-hybridized carbons (Fsp3) is 0.881. The van der Waals surface area contributed by atoms with Gasteiger partial charge in [0, 0.05) is 76.7 Å². The van der Waals surface area contributed by atoms with Crippen LogP contribution in [0.3, 0.4) is 0 Å². The number of hydrogen-bond donors (Lipinski definition) is 3. The zero-order chi connectivity index (χ0) is 40.6. The van der Waals surface area contributed by atoms with Gasteiger partial charge >= 0.3 is 12.2 Å². The van der Waals surface area contributed by atoms with Crippen molar-refractivity contribution in [2.45, 2.75) is 134 Å². The molecule has 8 fully saturated rings. The molecule has 3 N–H and O–H groups in total. The number of nitrogens with zero attached hydrogens (tertiary/aromatic N) is 5. The Balaban J connectivity index is 0.000000180. The van der Waals surface area contributed by atoms with Crippen LogP contribution >= 0.6 is 12.4 Å². The van der Waals surface area contributed by atoms with E-state index in [0.29, 0.717) is 61.9 Å². The van der Waals surface area contributed by atoms with E-state index in [2.05, 4.69) is 30.7 Å². The van der Waals surface area contributed by atoms with Crippen LogP contribution in [-0.2, 0) is 23.9 Å². The Morgan fingerprint density at radius 1 is 0.655 bits per heavy atom. The first-order valence-corrected chi connectivity index (χ1v) is 22.3.